The summed E-state index contributed by atoms with van der Waals surface area (Å²) in [5, 5.41) is 8.90. The summed E-state index contributed by atoms with van der Waals surface area (Å²) in [5.74, 6) is -0.788. The lowest BCUT2D eigenvalue weighted by Gasteiger charge is -2.54. The molecular weight excluding hydrogens is 182 g/mol. The summed E-state index contributed by atoms with van der Waals surface area (Å²) < 4.78 is 5.33. The van der Waals surface area contributed by atoms with Crippen molar-refractivity contribution in [1.82, 2.24) is 4.90 Å². The quantitative estimate of drug-likeness (QED) is 0.722. The van der Waals surface area contributed by atoms with E-state index in [-0.39, 0.29) is 17.6 Å². The van der Waals surface area contributed by atoms with Gasteiger partial charge < -0.3 is 9.84 Å². The minimum absolute atomic E-state index is 0.0430. The Kier molecular flexibility index (Phi) is 2.27. The zero-order valence-electron chi connectivity index (χ0n) is 8.69. The largest absolute Gasteiger partial charge is 0.481 e. The lowest BCUT2D eigenvalue weighted by Crippen LogP contribution is -2.67. The van der Waals surface area contributed by atoms with Crippen molar-refractivity contribution in [2.75, 3.05) is 20.2 Å². The summed E-state index contributed by atoms with van der Waals surface area (Å²) in [5.41, 5.74) is -0.0430. The lowest BCUT2D eigenvalue weighted by atomic mass is 9.75. The van der Waals surface area contributed by atoms with Gasteiger partial charge in [-0.2, -0.15) is 0 Å². The third-order valence-electron chi connectivity index (χ3n) is 3.59. The van der Waals surface area contributed by atoms with Crippen LogP contribution in [0.3, 0.4) is 0 Å². The van der Waals surface area contributed by atoms with Crippen molar-refractivity contribution < 1.29 is 14.6 Å². The molecule has 1 aliphatic carbocycles. The first-order valence-electron chi connectivity index (χ1n) is 5.08. The van der Waals surface area contributed by atoms with Gasteiger partial charge in [-0.15, -0.1) is 0 Å². The van der Waals surface area contributed by atoms with Crippen LogP contribution in [0.15, 0.2) is 0 Å². The van der Waals surface area contributed by atoms with Gasteiger partial charge in [-0.3, -0.25) is 9.69 Å². The molecule has 0 aromatic rings. The monoisotopic (exact) mass is 199 g/mol. The predicted octanol–water partition coefficient (Wildman–Crippen LogP) is 0.570. The van der Waals surface area contributed by atoms with Crippen LogP contribution in [0.2, 0.25) is 0 Å². The fraction of sp³-hybridized carbons (Fsp3) is 0.900. The number of likely N-dealkylation sites (tertiary alicyclic amines) is 1. The van der Waals surface area contributed by atoms with Gasteiger partial charge in [0.05, 0.1) is 11.5 Å². The summed E-state index contributed by atoms with van der Waals surface area (Å²) in [6.45, 7) is 3.81. The molecular formula is C10H17NO3. The van der Waals surface area contributed by atoms with E-state index in [1.807, 2.05) is 0 Å². The van der Waals surface area contributed by atoms with E-state index in [2.05, 4.69) is 11.8 Å². The normalized spacial score (nSPS) is 35.9. The molecule has 0 aromatic carbocycles. The first kappa shape index (κ1) is 9.93. The number of ether oxygens (including phenoxy) is 1. The zero-order chi connectivity index (χ0) is 10.3. The van der Waals surface area contributed by atoms with Crippen molar-refractivity contribution in [3.63, 3.8) is 0 Å². The Hall–Kier alpha value is -0.610. The Morgan fingerprint density at radius 2 is 2.14 bits per heavy atom. The second-order valence-corrected chi connectivity index (χ2v) is 4.65. The van der Waals surface area contributed by atoms with Crippen LogP contribution < -0.4 is 0 Å². The van der Waals surface area contributed by atoms with Crippen LogP contribution in [0.1, 0.15) is 19.8 Å². The van der Waals surface area contributed by atoms with E-state index in [1.165, 1.54) is 0 Å². The van der Waals surface area contributed by atoms with Crippen LogP contribution in [-0.2, 0) is 9.53 Å². The molecule has 2 fully saturated rings. The number of aliphatic carboxylic acids is 1. The van der Waals surface area contributed by atoms with Crippen LogP contribution in [0.4, 0.5) is 0 Å². The predicted molar refractivity (Wildman–Crippen MR) is 51.1 cm³/mol. The van der Waals surface area contributed by atoms with Crippen molar-refractivity contribution in [2.45, 2.75) is 31.4 Å². The summed E-state index contributed by atoms with van der Waals surface area (Å²) in [4.78, 5) is 13.0. The van der Waals surface area contributed by atoms with Gasteiger partial charge in [-0.25, -0.2) is 0 Å². The molecule has 4 nitrogen and oxygen atoms in total. The summed E-state index contributed by atoms with van der Waals surface area (Å²) in [6, 6.07) is 0.260. The van der Waals surface area contributed by atoms with Gasteiger partial charge in [0.1, 0.15) is 0 Å². The van der Waals surface area contributed by atoms with Crippen LogP contribution in [0.5, 0.6) is 0 Å². The maximum absolute atomic E-state index is 10.8. The summed E-state index contributed by atoms with van der Waals surface area (Å²) >= 11 is 0. The van der Waals surface area contributed by atoms with Crippen molar-refractivity contribution in [3.8, 4) is 0 Å². The average molecular weight is 199 g/mol. The highest BCUT2D eigenvalue weighted by Gasteiger charge is 2.49. The van der Waals surface area contributed by atoms with Gasteiger partial charge in [-0.1, -0.05) is 0 Å². The molecule has 1 aliphatic heterocycles. The molecule has 0 amide bonds. The molecule has 2 aliphatic rings. The number of nitrogens with zero attached hydrogens (tertiary/aromatic N) is 1. The number of carboxylic acids is 1. The molecule has 14 heavy (non-hydrogen) atoms. The number of carboxylic acid groups (broad SMARTS) is 1. The third kappa shape index (κ3) is 1.42. The topological polar surface area (TPSA) is 49.8 Å². The molecule has 4 heteroatoms. The lowest BCUT2D eigenvalue weighted by molar-refractivity contribution is -0.168. The Morgan fingerprint density at radius 1 is 1.50 bits per heavy atom. The number of rotatable bonds is 3. The van der Waals surface area contributed by atoms with E-state index in [1.54, 1.807) is 7.11 Å². The van der Waals surface area contributed by atoms with Crippen LogP contribution >= 0.6 is 0 Å². The molecule has 2 unspecified atom stereocenters. The number of hydrogen-bond acceptors (Lipinski definition) is 3. The first-order chi connectivity index (χ1) is 6.56. The van der Waals surface area contributed by atoms with Crippen molar-refractivity contribution in [2.24, 2.45) is 5.92 Å². The molecule has 1 saturated heterocycles. The molecule has 80 valence electrons. The van der Waals surface area contributed by atoms with Crippen LogP contribution in [-0.4, -0.2) is 47.8 Å². The molecule has 2 atom stereocenters. The molecule has 1 N–H and O–H groups in total. The summed E-state index contributed by atoms with van der Waals surface area (Å²) in [7, 11) is 1.72. The second-order valence-electron chi connectivity index (χ2n) is 4.65. The SMILES string of the molecule is COC1(C)CN(C2CCC2C(=O)O)C1. The Bertz CT molecular complexity index is 248. The van der Waals surface area contributed by atoms with E-state index in [0.29, 0.717) is 0 Å². The van der Waals surface area contributed by atoms with E-state index >= 15 is 0 Å². The molecule has 0 spiro atoms. The highest BCUT2D eigenvalue weighted by molar-refractivity contribution is 5.72. The molecule has 0 aromatic heterocycles. The number of carbonyl (C=O) groups is 1. The number of hydrogen-bond donors (Lipinski definition) is 1. The highest BCUT2D eigenvalue weighted by atomic mass is 16.5. The maximum Gasteiger partial charge on any atom is 0.308 e. The maximum atomic E-state index is 10.8. The smallest absolute Gasteiger partial charge is 0.308 e. The average Bonchev–Trinajstić information content (AvgIpc) is 1.98. The zero-order valence-corrected chi connectivity index (χ0v) is 8.69. The molecule has 2 rings (SSSR count). The number of methoxy groups -OCH3 is 1. The fourth-order valence-electron chi connectivity index (χ4n) is 2.38. The minimum atomic E-state index is -0.646. The third-order valence-corrected chi connectivity index (χ3v) is 3.59. The Labute approximate surface area is 83.8 Å². The van der Waals surface area contributed by atoms with Gasteiger partial charge in [0.25, 0.3) is 0 Å². The van der Waals surface area contributed by atoms with E-state index in [4.69, 9.17) is 9.84 Å². The molecule has 1 saturated carbocycles. The Morgan fingerprint density at radius 3 is 2.50 bits per heavy atom. The Balaban J connectivity index is 1.86. The summed E-state index contributed by atoms with van der Waals surface area (Å²) in [6.07, 6.45) is 1.86. The van der Waals surface area contributed by atoms with Gasteiger partial charge in [-0.05, 0) is 19.8 Å². The molecule has 0 radical (unpaired) electrons. The standard InChI is InChI=1S/C10H17NO3/c1-10(14-2)5-11(6-10)8-4-3-7(8)9(12)13/h7-8H,3-6H2,1-2H3,(H,12,13). The van der Waals surface area contributed by atoms with Gasteiger partial charge in [0.2, 0.25) is 0 Å². The fourth-order valence-corrected chi connectivity index (χ4v) is 2.38. The van der Waals surface area contributed by atoms with E-state index < -0.39 is 5.97 Å². The van der Waals surface area contributed by atoms with Gasteiger partial charge in [0.15, 0.2) is 0 Å². The highest BCUT2D eigenvalue weighted by Crippen LogP contribution is 2.38. The minimum Gasteiger partial charge on any atom is -0.481 e. The van der Waals surface area contributed by atoms with E-state index in [9.17, 15) is 4.79 Å². The van der Waals surface area contributed by atoms with Crippen molar-refractivity contribution in [3.05, 3.63) is 0 Å². The van der Waals surface area contributed by atoms with Crippen LogP contribution in [0, 0.1) is 5.92 Å². The van der Waals surface area contributed by atoms with Crippen LogP contribution in [0.25, 0.3) is 0 Å². The van der Waals surface area contributed by atoms with Gasteiger partial charge >= 0.3 is 5.97 Å². The molecule has 0 bridgehead atoms. The van der Waals surface area contributed by atoms with E-state index in [0.717, 1.165) is 25.9 Å². The van der Waals surface area contributed by atoms with Crippen molar-refractivity contribution in [1.29, 1.82) is 0 Å². The van der Waals surface area contributed by atoms with Gasteiger partial charge in [0, 0.05) is 26.2 Å². The van der Waals surface area contributed by atoms with Crippen molar-refractivity contribution >= 4 is 5.97 Å². The first-order valence-corrected chi connectivity index (χ1v) is 5.08. The second kappa shape index (κ2) is 3.21. The molecule has 1 heterocycles.